The fourth-order valence-corrected chi connectivity index (χ4v) is 3.75. The number of pyridine rings is 1. The summed E-state index contributed by atoms with van der Waals surface area (Å²) in [5.41, 5.74) is 0.0251. The molecule has 0 unspecified atom stereocenters. The predicted octanol–water partition coefficient (Wildman–Crippen LogP) is 1.60. The van der Waals surface area contributed by atoms with Crippen molar-refractivity contribution in [2.24, 2.45) is 0 Å². The van der Waals surface area contributed by atoms with E-state index >= 15 is 0 Å². The van der Waals surface area contributed by atoms with Gasteiger partial charge >= 0.3 is 0 Å². The Hall–Kier alpha value is -1.66. The normalized spacial score (nSPS) is 20.0. The highest BCUT2D eigenvalue weighted by atomic mass is 16.3. The molecule has 0 atom stereocenters. The molecule has 3 heterocycles. The fourth-order valence-electron chi connectivity index (χ4n) is 3.75. The summed E-state index contributed by atoms with van der Waals surface area (Å²) in [6, 6.07) is 3.76. The van der Waals surface area contributed by atoms with Crippen LogP contribution in [0.5, 0.6) is 0 Å². The van der Waals surface area contributed by atoms with Gasteiger partial charge in [0.25, 0.3) is 5.91 Å². The van der Waals surface area contributed by atoms with Gasteiger partial charge in [0.1, 0.15) is 5.82 Å². The third-order valence-electron chi connectivity index (χ3n) is 4.94. The summed E-state index contributed by atoms with van der Waals surface area (Å²) in [7, 11) is 0. The number of amides is 1. The molecule has 0 spiro atoms. The second kappa shape index (κ2) is 7.70. The number of aromatic nitrogens is 1. The number of piperidine rings is 1. The SMILES string of the molecule is CC(C)(O)CN1CCN(C(=O)c2cccnc2N2CCCCC2)CC1. The second-order valence-corrected chi connectivity index (χ2v) is 7.80. The molecule has 0 bridgehead atoms. The maximum Gasteiger partial charge on any atom is 0.257 e. The van der Waals surface area contributed by atoms with Crippen LogP contribution in [0.3, 0.4) is 0 Å². The summed E-state index contributed by atoms with van der Waals surface area (Å²) in [5.74, 6) is 0.919. The van der Waals surface area contributed by atoms with Crippen molar-refractivity contribution in [2.75, 3.05) is 50.7 Å². The molecule has 0 radical (unpaired) electrons. The maximum absolute atomic E-state index is 13.0. The zero-order valence-corrected chi connectivity index (χ0v) is 15.4. The summed E-state index contributed by atoms with van der Waals surface area (Å²) in [6.45, 7) is 9.25. The van der Waals surface area contributed by atoms with Crippen LogP contribution in [0.1, 0.15) is 43.5 Å². The van der Waals surface area contributed by atoms with Crippen LogP contribution >= 0.6 is 0 Å². The van der Waals surface area contributed by atoms with Gasteiger partial charge in [-0.25, -0.2) is 4.98 Å². The summed E-state index contributed by atoms with van der Waals surface area (Å²) in [4.78, 5) is 24.0. The number of nitrogens with zero attached hydrogens (tertiary/aromatic N) is 4. The molecule has 3 rings (SSSR count). The lowest BCUT2D eigenvalue weighted by Crippen LogP contribution is -2.52. The lowest BCUT2D eigenvalue weighted by molar-refractivity contribution is 0.0178. The van der Waals surface area contributed by atoms with Crippen LogP contribution in [-0.2, 0) is 0 Å². The lowest BCUT2D eigenvalue weighted by atomic mass is 10.1. The number of piperazine rings is 1. The van der Waals surface area contributed by atoms with E-state index in [1.807, 2.05) is 30.9 Å². The third-order valence-corrected chi connectivity index (χ3v) is 4.94. The summed E-state index contributed by atoms with van der Waals surface area (Å²) in [5, 5.41) is 9.97. The first-order chi connectivity index (χ1) is 11.9. The van der Waals surface area contributed by atoms with Gasteiger partial charge in [-0.3, -0.25) is 9.69 Å². The molecule has 6 heteroatoms. The largest absolute Gasteiger partial charge is 0.389 e. The van der Waals surface area contributed by atoms with Crippen LogP contribution in [0.4, 0.5) is 5.82 Å². The predicted molar refractivity (Wildman–Crippen MR) is 98.9 cm³/mol. The Balaban J connectivity index is 1.66. The van der Waals surface area contributed by atoms with Crippen molar-refractivity contribution in [2.45, 2.75) is 38.7 Å². The van der Waals surface area contributed by atoms with Gasteiger partial charge in [-0.05, 0) is 45.2 Å². The highest BCUT2D eigenvalue weighted by molar-refractivity contribution is 5.99. The summed E-state index contributed by atoms with van der Waals surface area (Å²) in [6.07, 6.45) is 5.37. The van der Waals surface area contributed by atoms with Gasteiger partial charge in [0, 0.05) is 52.0 Å². The van der Waals surface area contributed by atoms with Crippen LogP contribution in [0.25, 0.3) is 0 Å². The van der Waals surface area contributed by atoms with Gasteiger partial charge in [-0.15, -0.1) is 0 Å². The maximum atomic E-state index is 13.0. The van der Waals surface area contributed by atoms with Crippen LogP contribution in [0.15, 0.2) is 18.3 Å². The summed E-state index contributed by atoms with van der Waals surface area (Å²) >= 11 is 0. The van der Waals surface area contributed by atoms with Crippen molar-refractivity contribution >= 4 is 11.7 Å². The van der Waals surface area contributed by atoms with Crippen LogP contribution in [0.2, 0.25) is 0 Å². The number of hydrogen-bond acceptors (Lipinski definition) is 5. The Bertz CT molecular complexity index is 585. The van der Waals surface area contributed by atoms with Gasteiger partial charge < -0.3 is 14.9 Å². The molecule has 0 aromatic carbocycles. The Morgan fingerprint density at radius 2 is 1.80 bits per heavy atom. The molecule has 1 aromatic heterocycles. The van der Waals surface area contributed by atoms with Crippen molar-refractivity contribution in [1.29, 1.82) is 0 Å². The molecule has 6 nitrogen and oxygen atoms in total. The molecule has 1 amide bonds. The van der Waals surface area contributed by atoms with E-state index < -0.39 is 5.60 Å². The van der Waals surface area contributed by atoms with Gasteiger partial charge in [0.2, 0.25) is 0 Å². The Labute approximate surface area is 150 Å². The lowest BCUT2D eigenvalue weighted by Gasteiger charge is -2.38. The number of hydrogen-bond donors (Lipinski definition) is 1. The van der Waals surface area contributed by atoms with Crippen LogP contribution < -0.4 is 4.90 Å². The molecular formula is C19H30N4O2. The molecule has 2 fully saturated rings. The highest BCUT2D eigenvalue weighted by Crippen LogP contribution is 2.23. The molecule has 138 valence electrons. The van der Waals surface area contributed by atoms with E-state index in [1.165, 1.54) is 19.3 Å². The van der Waals surface area contributed by atoms with Crippen molar-refractivity contribution in [3.63, 3.8) is 0 Å². The van der Waals surface area contributed by atoms with Gasteiger partial charge in [-0.2, -0.15) is 0 Å². The van der Waals surface area contributed by atoms with Crippen LogP contribution in [0, 0.1) is 0 Å². The zero-order chi connectivity index (χ0) is 17.9. The number of rotatable bonds is 4. The van der Waals surface area contributed by atoms with E-state index in [-0.39, 0.29) is 5.91 Å². The van der Waals surface area contributed by atoms with Gasteiger partial charge in [-0.1, -0.05) is 0 Å². The minimum absolute atomic E-state index is 0.0802. The molecular weight excluding hydrogens is 316 g/mol. The zero-order valence-electron chi connectivity index (χ0n) is 15.4. The van der Waals surface area contributed by atoms with Crippen molar-refractivity contribution < 1.29 is 9.90 Å². The molecule has 1 aromatic rings. The number of anilines is 1. The monoisotopic (exact) mass is 346 g/mol. The molecule has 0 saturated carbocycles. The Morgan fingerprint density at radius 3 is 2.44 bits per heavy atom. The number of aliphatic hydroxyl groups is 1. The average Bonchev–Trinajstić information content (AvgIpc) is 2.61. The third kappa shape index (κ3) is 4.70. The second-order valence-electron chi connectivity index (χ2n) is 7.80. The van der Waals surface area contributed by atoms with Crippen molar-refractivity contribution in [3.05, 3.63) is 23.9 Å². The molecule has 2 aliphatic rings. The molecule has 0 aliphatic carbocycles. The molecule has 25 heavy (non-hydrogen) atoms. The molecule has 2 aliphatic heterocycles. The first-order valence-electron chi connectivity index (χ1n) is 9.38. The fraction of sp³-hybridized carbons (Fsp3) is 0.684. The van der Waals surface area contributed by atoms with Crippen LogP contribution in [-0.4, -0.2) is 77.2 Å². The highest BCUT2D eigenvalue weighted by Gasteiger charge is 2.28. The minimum atomic E-state index is -0.697. The van der Waals surface area contributed by atoms with Gasteiger partial charge in [0.15, 0.2) is 0 Å². The smallest absolute Gasteiger partial charge is 0.257 e. The number of carbonyl (C=O) groups is 1. The van der Waals surface area contributed by atoms with E-state index in [4.69, 9.17) is 0 Å². The standard InChI is InChI=1S/C19H30N4O2/c1-19(2,25)15-21-11-13-23(14-12-21)18(24)16-7-6-8-20-17(16)22-9-4-3-5-10-22/h6-8,25H,3-5,9-15H2,1-2H3. The quantitative estimate of drug-likeness (QED) is 0.897. The van der Waals surface area contributed by atoms with Crippen molar-refractivity contribution in [1.82, 2.24) is 14.8 Å². The van der Waals surface area contributed by atoms with Gasteiger partial charge in [0.05, 0.1) is 11.2 Å². The molecule has 1 N–H and O–H groups in total. The minimum Gasteiger partial charge on any atom is -0.389 e. The average molecular weight is 346 g/mol. The summed E-state index contributed by atoms with van der Waals surface area (Å²) < 4.78 is 0. The number of carbonyl (C=O) groups excluding carboxylic acids is 1. The van der Waals surface area contributed by atoms with E-state index in [2.05, 4.69) is 14.8 Å². The van der Waals surface area contributed by atoms with E-state index in [1.54, 1.807) is 6.20 Å². The van der Waals surface area contributed by atoms with Crippen molar-refractivity contribution in [3.8, 4) is 0 Å². The first-order valence-corrected chi connectivity index (χ1v) is 9.38. The van der Waals surface area contributed by atoms with E-state index in [0.717, 1.165) is 37.6 Å². The topological polar surface area (TPSA) is 59.9 Å². The van der Waals surface area contributed by atoms with E-state index in [0.29, 0.717) is 19.6 Å². The number of β-amino-alcohol motifs (C(OH)–C–C–N with tert-alkyl or cyclic N) is 1. The Kier molecular flexibility index (Phi) is 5.59. The molecule has 2 saturated heterocycles. The van der Waals surface area contributed by atoms with E-state index in [9.17, 15) is 9.90 Å². The Morgan fingerprint density at radius 1 is 1.12 bits per heavy atom. The first kappa shape index (κ1) is 18.1.